The van der Waals surface area contributed by atoms with E-state index in [4.69, 9.17) is 5.11 Å². The largest absolute Gasteiger partial charge is 0.481 e. The molecule has 73 valence electrons. The number of aliphatic carboxylic acids is 1. The Hall–Kier alpha value is 0.0674. The normalized spacial score (nSPS) is 9.31. The molecule has 0 unspecified atom stereocenters. The summed E-state index contributed by atoms with van der Waals surface area (Å²) in [7, 11) is 0. The number of rotatable bonds is 8. The minimum Gasteiger partial charge on any atom is -0.481 e. The molecule has 3 heteroatoms. The molecule has 13 heavy (non-hydrogen) atoms. The second kappa shape index (κ2) is 12.1. The maximum atomic E-state index is 10.1. The molecule has 0 saturated carbocycles. The van der Waals surface area contributed by atoms with E-state index >= 15 is 0 Å². The molecule has 0 rings (SSSR count). The second-order valence-corrected chi connectivity index (χ2v) is 3.27. The zero-order valence-corrected chi connectivity index (χ0v) is 9.01. The van der Waals surface area contributed by atoms with Gasteiger partial charge in [0.25, 0.3) is 0 Å². The molecule has 0 bridgehead atoms. The third kappa shape index (κ3) is 14.9. The number of carbonyl (C=O) groups is 1. The number of hydrogen-bond donors (Lipinski definition) is 1. The molecule has 1 N–H and O–H groups in total. The van der Waals surface area contributed by atoms with Crippen molar-refractivity contribution in [2.75, 3.05) is 0 Å². The van der Waals surface area contributed by atoms with Crippen LogP contribution in [0.2, 0.25) is 0 Å². The summed E-state index contributed by atoms with van der Waals surface area (Å²) in [6.45, 7) is 2.20. The van der Waals surface area contributed by atoms with E-state index in [1.165, 1.54) is 32.1 Å². The van der Waals surface area contributed by atoms with Crippen LogP contribution >= 0.6 is 0 Å². The molecule has 0 heterocycles. The predicted octanol–water partition coefficient (Wildman–Crippen LogP) is 2.83. The van der Waals surface area contributed by atoms with Crippen LogP contribution in [0.1, 0.15) is 58.3 Å². The van der Waals surface area contributed by atoms with Gasteiger partial charge in [-0.3, -0.25) is 4.79 Å². The summed E-state index contributed by atoms with van der Waals surface area (Å²) in [6.07, 6.45) is 8.64. The molecule has 0 aliphatic carbocycles. The predicted molar refractivity (Wildman–Crippen MR) is 56.0 cm³/mol. The van der Waals surface area contributed by atoms with Crippen molar-refractivity contribution < 1.29 is 9.90 Å². The third-order valence-corrected chi connectivity index (χ3v) is 1.99. The van der Waals surface area contributed by atoms with Crippen LogP contribution in [0.4, 0.5) is 0 Å². The Balaban J connectivity index is 0. The van der Waals surface area contributed by atoms with Gasteiger partial charge < -0.3 is 5.11 Å². The first-order valence-electron chi connectivity index (χ1n) is 4.99. The Morgan fingerprint density at radius 2 is 1.46 bits per heavy atom. The van der Waals surface area contributed by atoms with Gasteiger partial charge in [0.15, 0.2) is 0 Å². The van der Waals surface area contributed by atoms with E-state index in [1.54, 1.807) is 0 Å². The summed E-state index contributed by atoms with van der Waals surface area (Å²) in [5.74, 6) is -0.663. The standard InChI is InChI=1S/C10H20O2.Li/c1-2-3-4-5-6-7-8-9-10(11)12;/h2-9H2,1H3,(H,11,12);. The monoisotopic (exact) mass is 179 g/mol. The minimum absolute atomic E-state index is 0. The van der Waals surface area contributed by atoms with Gasteiger partial charge in [-0.05, 0) is 6.42 Å². The van der Waals surface area contributed by atoms with Crippen molar-refractivity contribution in [3.05, 3.63) is 0 Å². The summed E-state index contributed by atoms with van der Waals surface area (Å²) >= 11 is 0. The third-order valence-electron chi connectivity index (χ3n) is 1.99. The van der Waals surface area contributed by atoms with Gasteiger partial charge in [0.2, 0.25) is 0 Å². The molecule has 0 fully saturated rings. The fraction of sp³-hybridized carbons (Fsp3) is 0.900. The van der Waals surface area contributed by atoms with Gasteiger partial charge in [-0.1, -0.05) is 45.4 Å². The Kier molecular flexibility index (Phi) is 14.4. The molecule has 0 aromatic rings. The van der Waals surface area contributed by atoms with E-state index in [0.717, 1.165) is 12.8 Å². The molecule has 0 aliphatic heterocycles. The molecule has 2 nitrogen and oxygen atoms in total. The van der Waals surface area contributed by atoms with Gasteiger partial charge >= 0.3 is 5.97 Å². The first-order chi connectivity index (χ1) is 5.77. The Morgan fingerprint density at radius 3 is 1.92 bits per heavy atom. The molecule has 1 radical (unpaired) electrons. The van der Waals surface area contributed by atoms with Gasteiger partial charge in [-0.15, -0.1) is 0 Å². The van der Waals surface area contributed by atoms with Crippen LogP contribution in [-0.2, 0) is 4.79 Å². The van der Waals surface area contributed by atoms with E-state index in [1.807, 2.05) is 0 Å². The summed E-state index contributed by atoms with van der Waals surface area (Å²) in [4.78, 5) is 10.1. The van der Waals surface area contributed by atoms with Gasteiger partial charge in [0.1, 0.15) is 0 Å². The number of hydrogen-bond acceptors (Lipinski definition) is 1. The van der Waals surface area contributed by atoms with Gasteiger partial charge in [0, 0.05) is 25.3 Å². The van der Waals surface area contributed by atoms with Crippen molar-refractivity contribution in [2.45, 2.75) is 58.3 Å². The molecular formula is C10H20LiO2. The maximum Gasteiger partial charge on any atom is 0.303 e. The fourth-order valence-electron chi connectivity index (χ4n) is 1.23. The van der Waals surface area contributed by atoms with E-state index in [-0.39, 0.29) is 18.9 Å². The fourth-order valence-corrected chi connectivity index (χ4v) is 1.23. The van der Waals surface area contributed by atoms with E-state index in [9.17, 15) is 4.79 Å². The second-order valence-electron chi connectivity index (χ2n) is 3.27. The van der Waals surface area contributed by atoms with Gasteiger partial charge in [-0.2, -0.15) is 0 Å². The Labute approximate surface area is 93.3 Å². The zero-order chi connectivity index (χ0) is 9.23. The summed E-state index contributed by atoms with van der Waals surface area (Å²) in [6, 6.07) is 0. The first kappa shape index (κ1) is 15.5. The maximum absolute atomic E-state index is 10.1. The SMILES string of the molecule is CCCCCCCCCC(=O)O.[Li]. The number of unbranched alkanes of at least 4 members (excludes halogenated alkanes) is 6. The van der Waals surface area contributed by atoms with Crippen molar-refractivity contribution >= 4 is 24.8 Å². The van der Waals surface area contributed by atoms with Crippen molar-refractivity contribution in [3.8, 4) is 0 Å². The van der Waals surface area contributed by atoms with E-state index in [2.05, 4.69) is 6.92 Å². The average Bonchev–Trinajstić information content (AvgIpc) is 2.02. The average molecular weight is 179 g/mol. The molecule has 0 amide bonds. The van der Waals surface area contributed by atoms with Gasteiger partial charge in [-0.25, -0.2) is 0 Å². The van der Waals surface area contributed by atoms with E-state index < -0.39 is 5.97 Å². The van der Waals surface area contributed by atoms with Crippen LogP contribution in [0, 0.1) is 0 Å². The van der Waals surface area contributed by atoms with Crippen LogP contribution in [0.25, 0.3) is 0 Å². The van der Waals surface area contributed by atoms with Crippen LogP contribution in [0.5, 0.6) is 0 Å². The molecule has 0 aromatic heterocycles. The van der Waals surface area contributed by atoms with Crippen molar-refractivity contribution in [1.82, 2.24) is 0 Å². The zero-order valence-electron chi connectivity index (χ0n) is 9.01. The molecule has 0 spiro atoms. The van der Waals surface area contributed by atoms with Crippen LogP contribution in [0.15, 0.2) is 0 Å². The smallest absolute Gasteiger partial charge is 0.303 e. The van der Waals surface area contributed by atoms with Crippen molar-refractivity contribution in [2.24, 2.45) is 0 Å². The van der Waals surface area contributed by atoms with Crippen LogP contribution in [-0.4, -0.2) is 29.9 Å². The molecule has 0 aliphatic rings. The Morgan fingerprint density at radius 1 is 1.00 bits per heavy atom. The van der Waals surface area contributed by atoms with E-state index in [0.29, 0.717) is 6.42 Å². The number of carboxylic acids is 1. The summed E-state index contributed by atoms with van der Waals surface area (Å²) in [5, 5.41) is 8.35. The molecule has 0 atom stereocenters. The topological polar surface area (TPSA) is 37.3 Å². The first-order valence-corrected chi connectivity index (χ1v) is 4.99. The Bertz CT molecular complexity index is 115. The summed E-state index contributed by atoms with van der Waals surface area (Å²) in [5.41, 5.74) is 0. The van der Waals surface area contributed by atoms with Crippen molar-refractivity contribution in [3.63, 3.8) is 0 Å². The molecule has 0 aromatic carbocycles. The van der Waals surface area contributed by atoms with Gasteiger partial charge in [0.05, 0.1) is 0 Å². The quantitative estimate of drug-likeness (QED) is 0.459. The number of carboxylic acid groups (broad SMARTS) is 1. The van der Waals surface area contributed by atoms with Crippen LogP contribution in [0.3, 0.4) is 0 Å². The van der Waals surface area contributed by atoms with Crippen molar-refractivity contribution in [1.29, 1.82) is 0 Å². The summed E-state index contributed by atoms with van der Waals surface area (Å²) < 4.78 is 0. The van der Waals surface area contributed by atoms with Crippen LogP contribution < -0.4 is 0 Å². The molecular weight excluding hydrogens is 159 g/mol. The minimum atomic E-state index is -0.663. The molecule has 0 saturated heterocycles.